The molecule has 2 rings (SSSR count). The number of hydrogen-bond acceptors (Lipinski definition) is 2. The number of aromatic nitrogens is 2. The zero-order chi connectivity index (χ0) is 13.1. The van der Waals surface area contributed by atoms with Crippen LogP contribution in [0.1, 0.15) is 11.3 Å². The van der Waals surface area contributed by atoms with Crippen molar-refractivity contribution in [3.63, 3.8) is 0 Å². The number of likely N-dealkylation sites (N-methyl/N-ethyl adjacent to an activating group) is 1. The molecule has 0 aliphatic rings. The predicted molar refractivity (Wildman–Crippen MR) is 70.9 cm³/mol. The summed E-state index contributed by atoms with van der Waals surface area (Å²) in [6.45, 7) is 2.89. The maximum absolute atomic E-state index is 13.1. The van der Waals surface area contributed by atoms with Crippen molar-refractivity contribution in [2.45, 2.75) is 13.3 Å². The van der Waals surface area contributed by atoms with Crippen LogP contribution < -0.4 is 5.32 Å². The van der Waals surface area contributed by atoms with Crippen LogP contribution in [0.3, 0.4) is 0 Å². The summed E-state index contributed by atoms with van der Waals surface area (Å²) in [7, 11) is 1.92. The van der Waals surface area contributed by atoms with Crippen molar-refractivity contribution in [3.05, 3.63) is 46.5 Å². The molecule has 0 aliphatic heterocycles. The lowest BCUT2D eigenvalue weighted by Crippen LogP contribution is -2.10. The molecule has 96 valence electrons. The Bertz CT molecular complexity index is 551. The largest absolute Gasteiger partial charge is 0.319 e. The van der Waals surface area contributed by atoms with E-state index in [0.717, 1.165) is 24.3 Å². The Balaban J connectivity index is 2.33. The van der Waals surface area contributed by atoms with E-state index in [4.69, 9.17) is 11.6 Å². The Kier molecular flexibility index (Phi) is 3.99. The number of rotatable bonds is 4. The van der Waals surface area contributed by atoms with Crippen molar-refractivity contribution < 1.29 is 4.39 Å². The van der Waals surface area contributed by atoms with E-state index in [1.807, 2.05) is 20.2 Å². The molecule has 0 bridgehead atoms. The molecule has 0 saturated carbocycles. The Morgan fingerprint density at radius 2 is 2.22 bits per heavy atom. The second-order valence-electron chi connectivity index (χ2n) is 4.12. The first-order chi connectivity index (χ1) is 8.63. The molecule has 5 heteroatoms. The lowest BCUT2D eigenvalue weighted by atomic mass is 10.2. The Morgan fingerprint density at radius 1 is 1.44 bits per heavy atom. The number of hydrogen-bond donors (Lipinski definition) is 1. The fourth-order valence-corrected chi connectivity index (χ4v) is 2.00. The van der Waals surface area contributed by atoms with Crippen LogP contribution in [0, 0.1) is 12.7 Å². The van der Waals surface area contributed by atoms with Gasteiger partial charge in [-0.05, 0) is 50.7 Å². The van der Waals surface area contributed by atoms with Gasteiger partial charge in [0.25, 0.3) is 0 Å². The van der Waals surface area contributed by atoms with Gasteiger partial charge >= 0.3 is 0 Å². The third-order valence-electron chi connectivity index (χ3n) is 2.90. The maximum atomic E-state index is 13.1. The zero-order valence-electron chi connectivity index (χ0n) is 10.4. The van der Waals surface area contributed by atoms with E-state index < -0.39 is 5.82 Å². The molecule has 0 saturated heterocycles. The first-order valence-electron chi connectivity index (χ1n) is 5.77. The van der Waals surface area contributed by atoms with Gasteiger partial charge in [-0.15, -0.1) is 0 Å². The van der Waals surface area contributed by atoms with Crippen LogP contribution in [0.25, 0.3) is 5.69 Å². The summed E-state index contributed by atoms with van der Waals surface area (Å²) in [5.41, 5.74) is 2.99. The van der Waals surface area contributed by atoms with Gasteiger partial charge in [-0.25, -0.2) is 9.07 Å². The summed E-state index contributed by atoms with van der Waals surface area (Å²) in [5.74, 6) is -0.416. The number of benzene rings is 1. The van der Waals surface area contributed by atoms with E-state index in [1.54, 1.807) is 16.8 Å². The highest BCUT2D eigenvalue weighted by atomic mass is 35.5. The summed E-state index contributed by atoms with van der Waals surface area (Å²) >= 11 is 5.78. The molecule has 3 nitrogen and oxygen atoms in total. The second kappa shape index (κ2) is 5.50. The van der Waals surface area contributed by atoms with E-state index in [1.165, 1.54) is 11.6 Å². The summed E-state index contributed by atoms with van der Waals surface area (Å²) in [6.07, 6.45) is 2.75. The summed E-state index contributed by atoms with van der Waals surface area (Å²) in [5, 5.41) is 7.53. The summed E-state index contributed by atoms with van der Waals surface area (Å²) < 4.78 is 14.9. The molecule has 0 atom stereocenters. The third kappa shape index (κ3) is 2.54. The molecular weight excluding hydrogens is 253 g/mol. The maximum Gasteiger partial charge on any atom is 0.141 e. The van der Waals surface area contributed by atoms with Crippen LogP contribution in [-0.2, 0) is 6.42 Å². The smallest absolute Gasteiger partial charge is 0.141 e. The van der Waals surface area contributed by atoms with Gasteiger partial charge in [0.2, 0.25) is 0 Å². The van der Waals surface area contributed by atoms with Crippen molar-refractivity contribution in [1.29, 1.82) is 0 Å². The second-order valence-corrected chi connectivity index (χ2v) is 4.53. The summed E-state index contributed by atoms with van der Waals surface area (Å²) in [6, 6.07) is 4.61. The van der Waals surface area contributed by atoms with Gasteiger partial charge in [0.05, 0.1) is 16.9 Å². The van der Waals surface area contributed by atoms with Gasteiger partial charge in [0.1, 0.15) is 5.82 Å². The molecule has 0 radical (unpaired) electrons. The van der Waals surface area contributed by atoms with Crippen molar-refractivity contribution >= 4 is 11.6 Å². The molecule has 1 aromatic carbocycles. The average molecular weight is 268 g/mol. The van der Waals surface area contributed by atoms with E-state index in [9.17, 15) is 4.39 Å². The first-order valence-corrected chi connectivity index (χ1v) is 6.15. The van der Waals surface area contributed by atoms with E-state index in [2.05, 4.69) is 10.4 Å². The van der Waals surface area contributed by atoms with Crippen molar-refractivity contribution in [2.24, 2.45) is 0 Å². The monoisotopic (exact) mass is 267 g/mol. The normalized spacial score (nSPS) is 10.9. The quantitative estimate of drug-likeness (QED) is 0.923. The molecule has 0 amide bonds. The zero-order valence-corrected chi connectivity index (χ0v) is 11.1. The Labute approximate surface area is 111 Å². The molecule has 18 heavy (non-hydrogen) atoms. The molecule has 0 unspecified atom stereocenters. The molecule has 1 N–H and O–H groups in total. The molecular formula is C13H15ClFN3. The highest BCUT2D eigenvalue weighted by Gasteiger charge is 2.09. The highest BCUT2D eigenvalue weighted by Crippen LogP contribution is 2.20. The molecule has 1 heterocycles. The minimum atomic E-state index is -0.416. The Hall–Kier alpha value is -1.39. The molecule has 0 fully saturated rings. The lowest BCUT2D eigenvalue weighted by molar-refractivity contribution is 0.627. The molecule has 0 spiro atoms. The van der Waals surface area contributed by atoms with Crippen LogP contribution in [0.15, 0.2) is 24.4 Å². The molecule has 1 aromatic heterocycles. The average Bonchev–Trinajstić information content (AvgIpc) is 2.72. The minimum Gasteiger partial charge on any atom is -0.319 e. The molecule has 0 aliphatic carbocycles. The van der Waals surface area contributed by atoms with E-state index >= 15 is 0 Å². The topological polar surface area (TPSA) is 29.9 Å². The van der Waals surface area contributed by atoms with Crippen LogP contribution in [-0.4, -0.2) is 23.4 Å². The first kappa shape index (κ1) is 13.1. The van der Waals surface area contributed by atoms with E-state index in [0.29, 0.717) is 0 Å². The van der Waals surface area contributed by atoms with E-state index in [-0.39, 0.29) is 5.02 Å². The molecule has 2 aromatic rings. The van der Waals surface area contributed by atoms with Crippen molar-refractivity contribution in [3.8, 4) is 5.69 Å². The van der Waals surface area contributed by atoms with Crippen LogP contribution in [0.5, 0.6) is 0 Å². The minimum absolute atomic E-state index is 0.110. The highest BCUT2D eigenvalue weighted by molar-refractivity contribution is 6.30. The van der Waals surface area contributed by atoms with Gasteiger partial charge in [-0.2, -0.15) is 5.10 Å². The van der Waals surface area contributed by atoms with Gasteiger partial charge in [0.15, 0.2) is 0 Å². The van der Waals surface area contributed by atoms with Crippen molar-refractivity contribution in [2.75, 3.05) is 13.6 Å². The van der Waals surface area contributed by atoms with Crippen LogP contribution in [0.4, 0.5) is 4.39 Å². The summed E-state index contributed by atoms with van der Waals surface area (Å²) in [4.78, 5) is 0. The van der Waals surface area contributed by atoms with Crippen LogP contribution in [0.2, 0.25) is 5.02 Å². The third-order valence-corrected chi connectivity index (χ3v) is 3.19. The van der Waals surface area contributed by atoms with Gasteiger partial charge in [-0.1, -0.05) is 11.6 Å². The number of nitrogens with one attached hydrogen (secondary N) is 1. The predicted octanol–water partition coefficient (Wildman–Crippen LogP) is 2.74. The SMILES string of the molecule is CNCCc1cnn(-c2ccc(F)c(Cl)c2)c1C. The van der Waals surface area contributed by atoms with Crippen molar-refractivity contribution in [1.82, 2.24) is 15.1 Å². The Morgan fingerprint density at radius 3 is 2.89 bits per heavy atom. The standard InChI is InChI=1S/C13H15ClFN3/c1-9-10(5-6-16-2)8-17-18(9)11-3-4-13(15)12(14)7-11/h3-4,7-8,16H,5-6H2,1-2H3. The lowest BCUT2D eigenvalue weighted by Gasteiger charge is -2.06. The van der Waals surface area contributed by atoms with Crippen LogP contribution >= 0.6 is 11.6 Å². The fraction of sp³-hybridized carbons (Fsp3) is 0.308. The number of halogens is 2. The van der Waals surface area contributed by atoms with Gasteiger partial charge in [0, 0.05) is 5.69 Å². The van der Waals surface area contributed by atoms with Gasteiger partial charge in [-0.3, -0.25) is 0 Å². The van der Waals surface area contributed by atoms with Gasteiger partial charge < -0.3 is 5.32 Å². The fourth-order valence-electron chi connectivity index (χ4n) is 1.83. The number of nitrogens with zero attached hydrogens (tertiary/aromatic N) is 2.